The number of imidazole rings is 1. The molecule has 2 rings (SSSR count). The first-order valence-corrected chi connectivity index (χ1v) is 9.64. The molecule has 0 aliphatic heterocycles. The molecule has 1 amide bonds. The highest BCUT2D eigenvalue weighted by molar-refractivity contribution is 7.80. The smallest absolute Gasteiger partial charge is 0.224 e. The molecule has 0 spiro atoms. The van der Waals surface area contributed by atoms with E-state index in [1.807, 2.05) is 0 Å². The van der Waals surface area contributed by atoms with Gasteiger partial charge in [-0.3, -0.25) is 4.79 Å². The number of thiol groups is 1. The van der Waals surface area contributed by atoms with Crippen LogP contribution < -0.4 is 5.32 Å². The van der Waals surface area contributed by atoms with Crippen molar-refractivity contribution in [3.8, 4) is 0 Å². The second-order valence-corrected chi connectivity index (χ2v) is 7.52. The lowest BCUT2D eigenvalue weighted by atomic mass is 9.98. The number of aromatic amines is 1. The average molecular weight is 338 g/mol. The first-order chi connectivity index (χ1) is 11.0. The van der Waals surface area contributed by atoms with Crippen molar-refractivity contribution < 1.29 is 4.79 Å². The number of hydrogen-bond acceptors (Lipinski definition) is 3. The van der Waals surface area contributed by atoms with Crippen LogP contribution in [-0.2, 0) is 17.8 Å². The van der Waals surface area contributed by atoms with Crippen LogP contribution in [0.15, 0.2) is 0 Å². The van der Waals surface area contributed by atoms with Gasteiger partial charge in [0.2, 0.25) is 5.91 Å². The molecular weight excluding hydrogens is 306 g/mol. The standard InChI is InChI=1S/C18H31N3OS/c1-4-5-6-16-20-15(17(21-16)13-7-8-13)10-19-18(22)14(11-23)9-12(2)3/h12-14,23H,4-11H2,1-3H3,(H,19,22)(H,20,21)/t14-/m1/s1. The highest BCUT2D eigenvalue weighted by Gasteiger charge is 2.29. The fourth-order valence-corrected chi connectivity index (χ4v) is 3.24. The average Bonchev–Trinajstić information content (AvgIpc) is 3.29. The topological polar surface area (TPSA) is 57.8 Å². The summed E-state index contributed by atoms with van der Waals surface area (Å²) in [5.41, 5.74) is 2.29. The number of H-pyrrole nitrogens is 1. The van der Waals surface area contributed by atoms with Crippen LogP contribution in [0.3, 0.4) is 0 Å². The van der Waals surface area contributed by atoms with Gasteiger partial charge in [0.25, 0.3) is 0 Å². The number of carbonyl (C=O) groups excluding carboxylic acids is 1. The van der Waals surface area contributed by atoms with Gasteiger partial charge in [0, 0.05) is 24.0 Å². The quantitative estimate of drug-likeness (QED) is 0.568. The van der Waals surface area contributed by atoms with Crippen LogP contribution in [0.1, 0.15) is 76.0 Å². The number of aryl methyl sites for hydroxylation is 1. The third-order valence-electron chi connectivity index (χ3n) is 4.38. The molecule has 1 aromatic rings. The number of aromatic nitrogens is 2. The number of carbonyl (C=O) groups is 1. The van der Waals surface area contributed by atoms with Gasteiger partial charge in [0.05, 0.1) is 17.9 Å². The van der Waals surface area contributed by atoms with Gasteiger partial charge < -0.3 is 10.3 Å². The van der Waals surface area contributed by atoms with Crippen molar-refractivity contribution in [1.29, 1.82) is 0 Å². The van der Waals surface area contributed by atoms with Crippen molar-refractivity contribution in [1.82, 2.24) is 15.3 Å². The minimum atomic E-state index is -0.00908. The highest BCUT2D eigenvalue weighted by Crippen LogP contribution is 2.40. The molecule has 1 atom stereocenters. The van der Waals surface area contributed by atoms with Crippen molar-refractivity contribution in [3.05, 3.63) is 17.2 Å². The van der Waals surface area contributed by atoms with Crippen LogP contribution in [-0.4, -0.2) is 21.6 Å². The van der Waals surface area contributed by atoms with E-state index in [4.69, 9.17) is 4.98 Å². The number of nitrogens with one attached hydrogen (secondary N) is 2. The van der Waals surface area contributed by atoms with Crippen molar-refractivity contribution in [2.75, 3.05) is 5.75 Å². The van der Waals surface area contributed by atoms with Gasteiger partial charge in [-0.05, 0) is 31.6 Å². The third-order valence-corrected chi connectivity index (χ3v) is 4.82. The van der Waals surface area contributed by atoms with E-state index in [1.165, 1.54) is 25.0 Å². The third kappa shape index (κ3) is 5.55. The number of unbranched alkanes of at least 4 members (excludes halogenated alkanes) is 1. The van der Waals surface area contributed by atoms with Crippen LogP contribution in [0.2, 0.25) is 0 Å². The summed E-state index contributed by atoms with van der Waals surface area (Å²) in [4.78, 5) is 20.6. The Kier molecular flexibility index (Phi) is 7.00. The summed E-state index contributed by atoms with van der Waals surface area (Å²) in [6.07, 6.45) is 6.66. The largest absolute Gasteiger partial charge is 0.350 e. The molecule has 1 saturated carbocycles. The van der Waals surface area contributed by atoms with Crippen LogP contribution in [0.25, 0.3) is 0 Å². The fraction of sp³-hybridized carbons (Fsp3) is 0.778. The van der Waals surface area contributed by atoms with E-state index < -0.39 is 0 Å². The lowest BCUT2D eigenvalue weighted by molar-refractivity contribution is -0.124. The molecule has 23 heavy (non-hydrogen) atoms. The molecule has 1 fully saturated rings. The SMILES string of the molecule is CCCCc1nc(C2CC2)c(CNC(=O)[C@@H](CS)CC(C)C)[nH]1. The Hall–Kier alpha value is -0.970. The Labute approximate surface area is 145 Å². The minimum absolute atomic E-state index is 0.00908. The van der Waals surface area contributed by atoms with Crippen molar-refractivity contribution >= 4 is 18.5 Å². The van der Waals surface area contributed by atoms with E-state index >= 15 is 0 Å². The van der Waals surface area contributed by atoms with Crippen LogP contribution >= 0.6 is 12.6 Å². The molecular formula is C18H31N3OS. The molecule has 130 valence electrons. The summed E-state index contributed by atoms with van der Waals surface area (Å²) in [5, 5.41) is 3.09. The first-order valence-electron chi connectivity index (χ1n) is 9.01. The van der Waals surface area contributed by atoms with E-state index in [0.717, 1.165) is 30.8 Å². The molecule has 5 heteroatoms. The maximum atomic E-state index is 12.4. The van der Waals surface area contributed by atoms with Crippen LogP contribution in [0, 0.1) is 11.8 Å². The second-order valence-electron chi connectivity index (χ2n) is 7.15. The van der Waals surface area contributed by atoms with Crippen molar-refractivity contribution in [2.24, 2.45) is 11.8 Å². The molecule has 0 radical (unpaired) electrons. The van der Waals surface area contributed by atoms with E-state index in [0.29, 0.717) is 24.1 Å². The zero-order chi connectivity index (χ0) is 16.8. The van der Waals surface area contributed by atoms with Crippen LogP contribution in [0.5, 0.6) is 0 Å². The predicted molar refractivity (Wildman–Crippen MR) is 97.8 cm³/mol. The molecule has 0 aromatic carbocycles. The van der Waals surface area contributed by atoms with Gasteiger partial charge in [0.15, 0.2) is 0 Å². The van der Waals surface area contributed by atoms with Gasteiger partial charge in [-0.25, -0.2) is 4.98 Å². The van der Waals surface area contributed by atoms with Gasteiger partial charge >= 0.3 is 0 Å². The number of hydrogen-bond donors (Lipinski definition) is 3. The Morgan fingerprint density at radius 3 is 2.74 bits per heavy atom. The van der Waals surface area contributed by atoms with Gasteiger partial charge in [-0.15, -0.1) is 0 Å². The van der Waals surface area contributed by atoms with Crippen molar-refractivity contribution in [3.63, 3.8) is 0 Å². The Bertz CT molecular complexity index is 508. The fourth-order valence-electron chi connectivity index (χ4n) is 2.92. The van der Waals surface area contributed by atoms with Gasteiger partial charge in [-0.2, -0.15) is 12.6 Å². The molecule has 1 aliphatic rings. The maximum Gasteiger partial charge on any atom is 0.224 e. The Morgan fingerprint density at radius 2 is 2.17 bits per heavy atom. The molecule has 2 N–H and O–H groups in total. The minimum Gasteiger partial charge on any atom is -0.350 e. The van der Waals surface area contributed by atoms with E-state index in [9.17, 15) is 4.79 Å². The number of rotatable bonds is 10. The second kappa shape index (κ2) is 8.76. The van der Waals surface area contributed by atoms with E-state index in [-0.39, 0.29) is 11.8 Å². The molecule has 0 bridgehead atoms. The molecule has 0 unspecified atom stereocenters. The highest BCUT2D eigenvalue weighted by atomic mass is 32.1. The zero-order valence-corrected chi connectivity index (χ0v) is 15.6. The van der Waals surface area contributed by atoms with Crippen LogP contribution in [0.4, 0.5) is 0 Å². The lowest BCUT2D eigenvalue weighted by Gasteiger charge is -2.16. The Balaban J connectivity index is 1.95. The molecule has 1 aromatic heterocycles. The molecule has 0 saturated heterocycles. The van der Waals surface area contributed by atoms with E-state index in [2.05, 4.69) is 43.7 Å². The van der Waals surface area contributed by atoms with Gasteiger partial charge in [-0.1, -0.05) is 27.2 Å². The summed E-state index contributed by atoms with van der Waals surface area (Å²) in [6, 6.07) is 0. The normalized spacial score (nSPS) is 15.9. The lowest BCUT2D eigenvalue weighted by Crippen LogP contribution is -2.32. The van der Waals surface area contributed by atoms with Gasteiger partial charge in [0.1, 0.15) is 5.82 Å². The molecule has 4 nitrogen and oxygen atoms in total. The maximum absolute atomic E-state index is 12.4. The summed E-state index contributed by atoms with van der Waals surface area (Å²) < 4.78 is 0. The first kappa shape index (κ1) is 18.4. The monoisotopic (exact) mass is 337 g/mol. The molecule has 1 aliphatic carbocycles. The zero-order valence-electron chi connectivity index (χ0n) is 14.7. The number of amides is 1. The number of nitrogens with zero attached hydrogens (tertiary/aromatic N) is 1. The Morgan fingerprint density at radius 1 is 1.43 bits per heavy atom. The predicted octanol–water partition coefficient (Wildman–Crippen LogP) is 3.84. The summed E-state index contributed by atoms with van der Waals surface area (Å²) in [6.45, 7) is 7.04. The molecule has 1 heterocycles. The summed E-state index contributed by atoms with van der Waals surface area (Å²) in [5.74, 6) is 2.89. The van der Waals surface area contributed by atoms with Crippen molar-refractivity contribution in [2.45, 2.75) is 71.8 Å². The summed E-state index contributed by atoms with van der Waals surface area (Å²) >= 11 is 4.33. The summed E-state index contributed by atoms with van der Waals surface area (Å²) in [7, 11) is 0. The van der Waals surface area contributed by atoms with E-state index in [1.54, 1.807) is 0 Å².